The van der Waals surface area contributed by atoms with Crippen molar-refractivity contribution >= 4 is 23.4 Å². The van der Waals surface area contributed by atoms with Crippen LogP contribution in [0.1, 0.15) is 31.0 Å². The normalized spacial score (nSPS) is 15.6. The molecule has 3 aromatic rings. The van der Waals surface area contributed by atoms with Gasteiger partial charge in [0.2, 0.25) is 0 Å². The summed E-state index contributed by atoms with van der Waals surface area (Å²) in [5.41, 5.74) is 2.21. The van der Waals surface area contributed by atoms with E-state index in [-0.39, 0.29) is 12.2 Å². The third-order valence-corrected chi connectivity index (χ3v) is 6.34. The van der Waals surface area contributed by atoms with Crippen molar-refractivity contribution in [2.45, 2.75) is 19.9 Å². The van der Waals surface area contributed by atoms with E-state index in [0.29, 0.717) is 32.1 Å². The van der Waals surface area contributed by atoms with Gasteiger partial charge in [0.05, 0.1) is 42.7 Å². The zero-order chi connectivity index (χ0) is 23.5. The second kappa shape index (κ2) is 9.46. The fourth-order valence-electron chi connectivity index (χ4n) is 3.82. The minimum atomic E-state index is -0.624. The Balaban J connectivity index is 1.94. The van der Waals surface area contributed by atoms with Gasteiger partial charge in [-0.15, -0.1) is 0 Å². The predicted molar refractivity (Wildman–Crippen MR) is 126 cm³/mol. The summed E-state index contributed by atoms with van der Waals surface area (Å²) in [5, 5.41) is 0. The minimum Gasteiger partial charge on any atom is -0.497 e. The molecule has 1 aliphatic heterocycles. The van der Waals surface area contributed by atoms with Crippen molar-refractivity contribution in [3.05, 3.63) is 90.6 Å². The first kappa shape index (κ1) is 22.5. The maximum absolute atomic E-state index is 13.6. The van der Waals surface area contributed by atoms with Gasteiger partial charge in [0.15, 0.2) is 4.80 Å². The van der Waals surface area contributed by atoms with E-state index in [9.17, 15) is 9.59 Å². The van der Waals surface area contributed by atoms with Crippen LogP contribution in [0, 0.1) is 0 Å². The summed E-state index contributed by atoms with van der Waals surface area (Å²) in [6.45, 7) is 3.76. The number of thiazole rings is 1. The summed E-state index contributed by atoms with van der Waals surface area (Å²) in [5.74, 6) is 0.770. The average molecular weight is 465 g/mol. The SMILES string of the molecule is CCOC(=O)C1=C(C)N=c2s/c(=C/c3ccc(OC)cc3OC)c(=O)n2[C@@H]1c1ccccc1. The van der Waals surface area contributed by atoms with Crippen LogP contribution in [0.4, 0.5) is 0 Å². The molecule has 0 unspecified atom stereocenters. The molecule has 0 spiro atoms. The molecule has 1 aromatic heterocycles. The highest BCUT2D eigenvalue weighted by atomic mass is 32.1. The van der Waals surface area contributed by atoms with E-state index in [0.717, 1.165) is 11.1 Å². The molecule has 0 fully saturated rings. The van der Waals surface area contributed by atoms with Crippen LogP contribution in [0.2, 0.25) is 0 Å². The van der Waals surface area contributed by atoms with E-state index in [2.05, 4.69) is 4.99 Å². The number of rotatable bonds is 6. The molecule has 0 radical (unpaired) electrons. The number of carbonyl (C=O) groups is 1. The van der Waals surface area contributed by atoms with Crippen molar-refractivity contribution in [1.29, 1.82) is 0 Å². The van der Waals surface area contributed by atoms with Gasteiger partial charge in [0.25, 0.3) is 5.56 Å². The minimum absolute atomic E-state index is 0.235. The third kappa shape index (κ3) is 4.21. The van der Waals surface area contributed by atoms with Crippen LogP contribution in [0.15, 0.2) is 69.6 Å². The lowest BCUT2D eigenvalue weighted by Crippen LogP contribution is -2.39. The van der Waals surface area contributed by atoms with Crippen LogP contribution in [0.25, 0.3) is 6.08 Å². The number of fused-ring (bicyclic) bond motifs is 1. The first-order valence-electron chi connectivity index (χ1n) is 10.4. The van der Waals surface area contributed by atoms with Crippen molar-refractivity contribution in [3.8, 4) is 11.5 Å². The Hall–Kier alpha value is -3.65. The van der Waals surface area contributed by atoms with Gasteiger partial charge in [-0.3, -0.25) is 9.36 Å². The van der Waals surface area contributed by atoms with Crippen molar-refractivity contribution in [2.75, 3.05) is 20.8 Å². The van der Waals surface area contributed by atoms with Gasteiger partial charge < -0.3 is 14.2 Å². The number of allylic oxidation sites excluding steroid dienone is 1. The average Bonchev–Trinajstić information content (AvgIpc) is 3.13. The highest BCUT2D eigenvalue weighted by Gasteiger charge is 2.33. The standard InChI is InChI=1S/C25H24N2O5S/c1-5-32-24(29)21-15(2)26-25-27(22(21)16-9-7-6-8-10-16)23(28)20(33-25)13-17-11-12-18(30-3)14-19(17)31-4/h6-14,22H,5H2,1-4H3/b20-13+/t22-/m1/s1. The van der Waals surface area contributed by atoms with Crippen LogP contribution in [-0.2, 0) is 9.53 Å². The lowest BCUT2D eigenvalue weighted by Gasteiger charge is -2.24. The van der Waals surface area contributed by atoms with Crippen LogP contribution in [-0.4, -0.2) is 31.4 Å². The zero-order valence-electron chi connectivity index (χ0n) is 18.8. The summed E-state index contributed by atoms with van der Waals surface area (Å²) in [4.78, 5) is 31.6. The van der Waals surface area contributed by atoms with Crippen molar-refractivity contribution in [2.24, 2.45) is 4.99 Å². The monoisotopic (exact) mass is 464 g/mol. The topological polar surface area (TPSA) is 79.1 Å². The molecule has 2 heterocycles. The van der Waals surface area contributed by atoms with Gasteiger partial charge in [-0.05, 0) is 37.6 Å². The Morgan fingerprint density at radius 3 is 2.58 bits per heavy atom. The first-order valence-corrected chi connectivity index (χ1v) is 11.3. The summed E-state index contributed by atoms with van der Waals surface area (Å²) in [6.07, 6.45) is 1.77. The molecule has 0 N–H and O–H groups in total. The molecule has 4 rings (SSSR count). The Bertz CT molecular complexity index is 1400. The Kier molecular flexibility index (Phi) is 6.46. The molecule has 8 heteroatoms. The fraction of sp³-hybridized carbons (Fsp3) is 0.240. The van der Waals surface area contributed by atoms with Crippen molar-refractivity contribution < 1.29 is 19.0 Å². The number of hydrogen-bond donors (Lipinski definition) is 0. The van der Waals surface area contributed by atoms with Crippen LogP contribution in [0.3, 0.4) is 0 Å². The van der Waals surface area contributed by atoms with Gasteiger partial charge in [0, 0.05) is 11.6 Å². The molecule has 33 heavy (non-hydrogen) atoms. The summed E-state index contributed by atoms with van der Waals surface area (Å²) < 4.78 is 18.1. The van der Waals surface area contributed by atoms with Gasteiger partial charge in [-0.1, -0.05) is 41.7 Å². The number of aromatic nitrogens is 1. The summed E-state index contributed by atoms with van der Waals surface area (Å²) in [7, 11) is 3.15. The number of ether oxygens (including phenoxy) is 3. The van der Waals surface area contributed by atoms with E-state index >= 15 is 0 Å². The molecule has 170 valence electrons. The van der Waals surface area contributed by atoms with Crippen LogP contribution in [0.5, 0.6) is 11.5 Å². The Morgan fingerprint density at radius 1 is 1.15 bits per heavy atom. The van der Waals surface area contributed by atoms with E-state index in [1.54, 1.807) is 50.8 Å². The molecule has 0 saturated carbocycles. The maximum atomic E-state index is 13.6. The summed E-state index contributed by atoms with van der Waals surface area (Å²) >= 11 is 1.27. The molecular formula is C25H24N2O5S. The Morgan fingerprint density at radius 2 is 1.91 bits per heavy atom. The second-order valence-electron chi connectivity index (χ2n) is 7.32. The molecule has 1 aliphatic rings. The highest BCUT2D eigenvalue weighted by molar-refractivity contribution is 7.07. The molecule has 0 aliphatic carbocycles. The van der Waals surface area contributed by atoms with E-state index in [1.165, 1.54) is 11.3 Å². The number of hydrogen-bond acceptors (Lipinski definition) is 7. The van der Waals surface area contributed by atoms with E-state index < -0.39 is 12.0 Å². The third-order valence-electron chi connectivity index (χ3n) is 5.36. The van der Waals surface area contributed by atoms with Gasteiger partial charge in [-0.2, -0.15) is 0 Å². The van der Waals surface area contributed by atoms with E-state index in [4.69, 9.17) is 14.2 Å². The molecule has 7 nitrogen and oxygen atoms in total. The van der Waals surface area contributed by atoms with Gasteiger partial charge in [-0.25, -0.2) is 9.79 Å². The second-order valence-corrected chi connectivity index (χ2v) is 8.33. The largest absolute Gasteiger partial charge is 0.497 e. The fourth-order valence-corrected chi connectivity index (χ4v) is 4.86. The van der Waals surface area contributed by atoms with Crippen molar-refractivity contribution in [1.82, 2.24) is 4.57 Å². The number of nitrogens with zero attached hydrogens (tertiary/aromatic N) is 2. The quantitative estimate of drug-likeness (QED) is 0.524. The van der Waals surface area contributed by atoms with Crippen LogP contribution >= 0.6 is 11.3 Å². The van der Waals surface area contributed by atoms with Crippen LogP contribution < -0.4 is 24.4 Å². The molecule has 1 atom stereocenters. The van der Waals surface area contributed by atoms with Gasteiger partial charge in [0.1, 0.15) is 11.5 Å². The lowest BCUT2D eigenvalue weighted by atomic mass is 9.96. The molecule has 0 bridgehead atoms. The lowest BCUT2D eigenvalue weighted by molar-refractivity contribution is -0.139. The predicted octanol–water partition coefficient (Wildman–Crippen LogP) is 2.82. The van der Waals surface area contributed by atoms with Crippen molar-refractivity contribution in [3.63, 3.8) is 0 Å². The molecule has 0 saturated heterocycles. The molecule has 2 aromatic carbocycles. The number of carbonyl (C=O) groups excluding carboxylic acids is 1. The Labute approximate surface area is 194 Å². The molecular weight excluding hydrogens is 440 g/mol. The number of esters is 1. The van der Waals surface area contributed by atoms with Gasteiger partial charge >= 0.3 is 5.97 Å². The number of benzene rings is 2. The maximum Gasteiger partial charge on any atom is 0.338 e. The highest BCUT2D eigenvalue weighted by Crippen LogP contribution is 2.30. The smallest absolute Gasteiger partial charge is 0.338 e. The number of methoxy groups -OCH3 is 2. The summed E-state index contributed by atoms with van der Waals surface area (Å²) in [6, 6.07) is 14.2. The zero-order valence-corrected chi connectivity index (χ0v) is 19.6. The molecule has 0 amide bonds. The van der Waals surface area contributed by atoms with E-state index in [1.807, 2.05) is 36.4 Å². The first-order chi connectivity index (χ1) is 16.0.